The lowest BCUT2D eigenvalue weighted by molar-refractivity contribution is -0.147. The highest BCUT2D eigenvalue weighted by Gasteiger charge is 2.14. The van der Waals surface area contributed by atoms with E-state index in [0.717, 1.165) is 16.9 Å². The average Bonchev–Trinajstić information content (AvgIpc) is 2.71. The standard InChI is InChI=1S/C21H22O6/c1-15(21(23)27-14-17-6-10-19(25-3)11-7-17)12-20(22)26-13-16-4-8-18(24-2)9-5-16/h4-11H,1,12-14H2,2-3H3. The van der Waals surface area contributed by atoms with Gasteiger partial charge in [0.1, 0.15) is 24.7 Å². The molecule has 0 aliphatic heterocycles. The minimum atomic E-state index is -0.632. The summed E-state index contributed by atoms with van der Waals surface area (Å²) in [6.45, 7) is 3.79. The van der Waals surface area contributed by atoms with Crippen LogP contribution in [0.4, 0.5) is 0 Å². The average molecular weight is 370 g/mol. The van der Waals surface area contributed by atoms with Crippen molar-refractivity contribution in [3.63, 3.8) is 0 Å². The fourth-order valence-corrected chi connectivity index (χ4v) is 2.16. The van der Waals surface area contributed by atoms with Gasteiger partial charge in [0.2, 0.25) is 0 Å². The van der Waals surface area contributed by atoms with Gasteiger partial charge in [0.05, 0.1) is 20.6 Å². The largest absolute Gasteiger partial charge is 0.497 e. The molecule has 0 amide bonds. The molecule has 0 unspecified atom stereocenters. The van der Waals surface area contributed by atoms with E-state index in [9.17, 15) is 9.59 Å². The molecular formula is C21H22O6. The van der Waals surface area contributed by atoms with Crippen molar-refractivity contribution >= 4 is 11.9 Å². The van der Waals surface area contributed by atoms with Crippen LogP contribution >= 0.6 is 0 Å². The summed E-state index contributed by atoms with van der Waals surface area (Å²) in [7, 11) is 3.15. The van der Waals surface area contributed by atoms with E-state index in [4.69, 9.17) is 18.9 Å². The molecule has 0 bridgehead atoms. The van der Waals surface area contributed by atoms with Crippen molar-refractivity contribution in [3.05, 3.63) is 71.8 Å². The molecule has 0 radical (unpaired) electrons. The van der Waals surface area contributed by atoms with Crippen LogP contribution in [0.3, 0.4) is 0 Å². The van der Waals surface area contributed by atoms with Crippen LogP contribution in [0.25, 0.3) is 0 Å². The normalized spacial score (nSPS) is 10.0. The molecule has 0 aliphatic carbocycles. The number of benzene rings is 2. The molecule has 2 rings (SSSR count). The zero-order valence-corrected chi connectivity index (χ0v) is 15.4. The number of ether oxygens (including phenoxy) is 4. The molecule has 2 aromatic carbocycles. The Bertz CT molecular complexity index is 777. The summed E-state index contributed by atoms with van der Waals surface area (Å²) in [5.74, 6) is 0.261. The molecule has 0 atom stereocenters. The van der Waals surface area contributed by atoms with E-state index in [2.05, 4.69) is 6.58 Å². The highest BCUT2D eigenvalue weighted by atomic mass is 16.5. The molecule has 0 N–H and O–H groups in total. The molecule has 142 valence electrons. The van der Waals surface area contributed by atoms with E-state index in [1.807, 2.05) is 0 Å². The summed E-state index contributed by atoms with van der Waals surface area (Å²) in [4.78, 5) is 23.8. The second-order valence-corrected chi connectivity index (χ2v) is 5.71. The van der Waals surface area contributed by atoms with E-state index in [1.54, 1.807) is 62.8 Å². The maximum Gasteiger partial charge on any atom is 0.334 e. The quantitative estimate of drug-likeness (QED) is 0.497. The van der Waals surface area contributed by atoms with Crippen LogP contribution in [0.1, 0.15) is 17.5 Å². The van der Waals surface area contributed by atoms with E-state index < -0.39 is 11.9 Å². The Morgan fingerprint density at radius 3 is 1.67 bits per heavy atom. The van der Waals surface area contributed by atoms with Gasteiger partial charge in [0.15, 0.2) is 0 Å². The van der Waals surface area contributed by atoms with Gasteiger partial charge in [0.25, 0.3) is 0 Å². The van der Waals surface area contributed by atoms with Gasteiger partial charge < -0.3 is 18.9 Å². The number of methoxy groups -OCH3 is 2. The zero-order chi connectivity index (χ0) is 19.6. The topological polar surface area (TPSA) is 71.1 Å². The van der Waals surface area contributed by atoms with Crippen molar-refractivity contribution in [1.29, 1.82) is 0 Å². The first-order valence-corrected chi connectivity index (χ1v) is 8.28. The third-order valence-corrected chi connectivity index (χ3v) is 3.73. The molecule has 0 heterocycles. The predicted octanol–water partition coefficient (Wildman–Crippen LogP) is 3.44. The summed E-state index contributed by atoms with van der Waals surface area (Å²) < 4.78 is 20.4. The van der Waals surface area contributed by atoms with Crippen LogP contribution in [0, 0.1) is 0 Å². The molecular weight excluding hydrogens is 348 g/mol. The molecule has 0 aromatic heterocycles. The molecule has 0 fully saturated rings. The number of hydrogen-bond donors (Lipinski definition) is 0. The van der Waals surface area contributed by atoms with Crippen LogP contribution in [-0.2, 0) is 32.3 Å². The van der Waals surface area contributed by atoms with Crippen LogP contribution < -0.4 is 9.47 Å². The van der Waals surface area contributed by atoms with Gasteiger partial charge in [-0.25, -0.2) is 4.79 Å². The summed E-state index contributed by atoms with van der Waals surface area (Å²) in [6, 6.07) is 14.3. The van der Waals surface area contributed by atoms with E-state index >= 15 is 0 Å². The molecule has 6 heteroatoms. The molecule has 2 aromatic rings. The molecule has 0 aliphatic rings. The lowest BCUT2D eigenvalue weighted by Gasteiger charge is -2.09. The van der Waals surface area contributed by atoms with Crippen molar-refractivity contribution in [1.82, 2.24) is 0 Å². The van der Waals surface area contributed by atoms with Crippen molar-refractivity contribution in [3.8, 4) is 11.5 Å². The summed E-state index contributed by atoms with van der Waals surface area (Å²) in [6.07, 6.45) is -0.225. The van der Waals surface area contributed by atoms with E-state index in [1.165, 1.54) is 0 Å². The summed E-state index contributed by atoms with van der Waals surface area (Å²) in [5.41, 5.74) is 1.67. The Kier molecular flexibility index (Phi) is 7.43. The van der Waals surface area contributed by atoms with Crippen molar-refractivity contribution in [2.75, 3.05) is 14.2 Å². The van der Waals surface area contributed by atoms with Crippen molar-refractivity contribution in [2.45, 2.75) is 19.6 Å². The minimum absolute atomic E-state index is 0.0447. The SMILES string of the molecule is C=C(CC(=O)OCc1ccc(OC)cc1)C(=O)OCc1ccc(OC)cc1. The monoisotopic (exact) mass is 370 g/mol. The number of esters is 2. The second kappa shape index (κ2) is 10.0. The molecule has 27 heavy (non-hydrogen) atoms. The number of carbonyl (C=O) groups excluding carboxylic acids is 2. The zero-order valence-electron chi connectivity index (χ0n) is 15.4. The highest BCUT2D eigenvalue weighted by molar-refractivity contribution is 5.93. The Balaban J connectivity index is 1.73. The van der Waals surface area contributed by atoms with Gasteiger partial charge in [0, 0.05) is 5.57 Å². The second-order valence-electron chi connectivity index (χ2n) is 5.71. The molecule has 0 spiro atoms. The van der Waals surface area contributed by atoms with Crippen LogP contribution in [0.2, 0.25) is 0 Å². The number of hydrogen-bond acceptors (Lipinski definition) is 6. The Morgan fingerprint density at radius 1 is 0.778 bits per heavy atom. The highest BCUT2D eigenvalue weighted by Crippen LogP contribution is 2.14. The smallest absolute Gasteiger partial charge is 0.334 e. The van der Waals surface area contributed by atoms with Crippen LogP contribution in [0.5, 0.6) is 11.5 Å². The van der Waals surface area contributed by atoms with Crippen molar-refractivity contribution in [2.24, 2.45) is 0 Å². The van der Waals surface area contributed by atoms with Gasteiger partial charge in [-0.3, -0.25) is 4.79 Å². The lowest BCUT2D eigenvalue weighted by atomic mass is 10.2. The van der Waals surface area contributed by atoms with Crippen LogP contribution in [-0.4, -0.2) is 26.2 Å². The predicted molar refractivity (Wildman–Crippen MR) is 99.3 cm³/mol. The fraction of sp³-hybridized carbons (Fsp3) is 0.238. The van der Waals surface area contributed by atoms with E-state index in [0.29, 0.717) is 5.75 Å². The molecule has 0 saturated carbocycles. The number of rotatable bonds is 9. The molecule has 0 saturated heterocycles. The lowest BCUT2D eigenvalue weighted by Crippen LogP contribution is -2.13. The fourth-order valence-electron chi connectivity index (χ4n) is 2.16. The Hall–Kier alpha value is -3.28. The number of carbonyl (C=O) groups is 2. The first-order valence-electron chi connectivity index (χ1n) is 8.28. The molecule has 6 nitrogen and oxygen atoms in total. The van der Waals surface area contributed by atoms with Gasteiger partial charge in [-0.2, -0.15) is 0 Å². The minimum Gasteiger partial charge on any atom is -0.497 e. The van der Waals surface area contributed by atoms with Gasteiger partial charge >= 0.3 is 11.9 Å². The van der Waals surface area contributed by atoms with Gasteiger partial charge in [-0.15, -0.1) is 0 Å². The van der Waals surface area contributed by atoms with E-state index in [-0.39, 0.29) is 25.2 Å². The summed E-state index contributed by atoms with van der Waals surface area (Å²) in [5, 5.41) is 0. The third kappa shape index (κ3) is 6.51. The summed E-state index contributed by atoms with van der Waals surface area (Å²) >= 11 is 0. The maximum atomic E-state index is 12.0. The van der Waals surface area contributed by atoms with Crippen molar-refractivity contribution < 1.29 is 28.5 Å². The van der Waals surface area contributed by atoms with Gasteiger partial charge in [-0.1, -0.05) is 30.8 Å². The first kappa shape index (κ1) is 20.0. The van der Waals surface area contributed by atoms with Gasteiger partial charge in [-0.05, 0) is 35.4 Å². The third-order valence-electron chi connectivity index (χ3n) is 3.73. The Labute approximate surface area is 158 Å². The first-order chi connectivity index (χ1) is 13.0. The van der Waals surface area contributed by atoms with Crippen LogP contribution in [0.15, 0.2) is 60.7 Å². The Morgan fingerprint density at radius 2 is 1.22 bits per heavy atom. The maximum absolute atomic E-state index is 12.0.